The Morgan fingerprint density at radius 2 is 2.00 bits per heavy atom. The SMILES string of the molecule is COCc1nn2c(-c3cccs3)ccnc2c1-c1ccc(Cl)cc1. The summed E-state index contributed by atoms with van der Waals surface area (Å²) in [5.74, 6) is 0. The number of methoxy groups -OCH3 is 1. The van der Waals surface area contributed by atoms with E-state index in [4.69, 9.17) is 21.4 Å². The topological polar surface area (TPSA) is 39.4 Å². The molecule has 120 valence electrons. The lowest BCUT2D eigenvalue weighted by atomic mass is 10.1. The number of thiophene rings is 1. The van der Waals surface area contributed by atoms with Gasteiger partial charge >= 0.3 is 0 Å². The highest BCUT2D eigenvalue weighted by atomic mass is 35.5. The Balaban J connectivity index is 1.99. The first kappa shape index (κ1) is 15.3. The van der Waals surface area contributed by atoms with Gasteiger partial charge in [-0.3, -0.25) is 0 Å². The monoisotopic (exact) mass is 355 g/mol. The Labute approximate surface area is 148 Å². The van der Waals surface area contributed by atoms with E-state index in [0.717, 1.165) is 33.0 Å². The summed E-state index contributed by atoms with van der Waals surface area (Å²) in [7, 11) is 1.67. The molecule has 0 amide bonds. The summed E-state index contributed by atoms with van der Waals surface area (Å²) in [6, 6.07) is 13.8. The highest BCUT2D eigenvalue weighted by molar-refractivity contribution is 7.13. The molecule has 0 atom stereocenters. The minimum atomic E-state index is 0.422. The van der Waals surface area contributed by atoms with Gasteiger partial charge in [0.15, 0.2) is 5.65 Å². The van der Waals surface area contributed by atoms with Gasteiger partial charge < -0.3 is 4.74 Å². The Morgan fingerprint density at radius 1 is 1.17 bits per heavy atom. The van der Waals surface area contributed by atoms with Crippen molar-refractivity contribution in [3.8, 4) is 21.7 Å². The molecule has 0 aliphatic rings. The van der Waals surface area contributed by atoms with Gasteiger partial charge in [-0.25, -0.2) is 9.50 Å². The van der Waals surface area contributed by atoms with Gasteiger partial charge in [0.2, 0.25) is 0 Å². The van der Waals surface area contributed by atoms with Crippen molar-refractivity contribution in [3.05, 3.63) is 64.8 Å². The van der Waals surface area contributed by atoms with Crippen molar-refractivity contribution in [3.63, 3.8) is 0 Å². The third kappa shape index (κ3) is 2.60. The van der Waals surface area contributed by atoms with Crippen molar-refractivity contribution in [2.24, 2.45) is 0 Å². The first-order valence-electron chi connectivity index (χ1n) is 7.43. The molecule has 0 spiro atoms. The van der Waals surface area contributed by atoms with Gasteiger partial charge in [0, 0.05) is 18.3 Å². The molecular formula is C18H14ClN3OS. The second-order valence-corrected chi connectivity index (χ2v) is 6.69. The first-order valence-corrected chi connectivity index (χ1v) is 8.69. The molecule has 0 unspecified atom stereocenters. The van der Waals surface area contributed by atoms with Crippen molar-refractivity contribution < 1.29 is 4.74 Å². The van der Waals surface area contributed by atoms with Gasteiger partial charge in [0.05, 0.1) is 28.4 Å². The zero-order chi connectivity index (χ0) is 16.5. The van der Waals surface area contributed by atoms with Crippen LogP contribution in [0.5, 0.6) is 0 Å². The van der Waals surface area contributed by atoms with E-state index in [2.05, 4.69) is 16.4 Å². The van der Waals surface area contributed by atoms with E-state index in [9.17, 15) is 0 Å². The number of hydrogen-bond donors (Lipinski definition) is 0. The van der Waals surface area contributed by atoms with Crippen LogP contribution in [0.25, 0.3) is 27.3 Å². The molecule has 3 aromatic heterocycles. The second kappa shape index (κ2) is 6.36. The first-order chi connectivity index (χ1) is 11.8. The third-order valence-corrected chi connectivity index (χ3v) is 4.92. The maximum absolute atomic E-state index is 6.03. The van der Waals surface area contributed by atoms with Crippen molar-refractivity contribution >= 4 is 28.6 Å². The van der Waals surface area contributed by atoms with Gasteiger partial charge in [-0.1, -0.05) is 29.8 Å². The van der Waals surface area contributed by atoms with Crippen LogP contribution >= 0.6 is 22.9 Å². The highest BCUT2D eigenvalue weighted by Gasteiger charge is 2.18. The van der Waals surface area contributed by atoms with Crippen molar-refractivity contribution in [2.75, 3.05) is 7.11 Å². The maximum atomic E-state index is 6.03. The molecule has 0 aliphatic heterocycles. The zero-order valence-corrected chi connectivity index (χ0v) is 14.5. The summed E-state index contributed by atoms with van der Waals surface area (Å²) >= 11 is 7.71. The lowest BCUT2D eigenvalue weighted by molar-refractivity contribution is 0.181. The number of fused-ring (bicyclic) bond motifs is 1. The molecule has 3 heterocycles. The van der Waals surface area contributed by atoms with Crippen molar-refractivity contribution in [1.29, 1.82) is 0 Å². The maximum Gasteiger partial charge on any atom is 0.163 e. The van der Waals surface area contributed by atoms with Gasteiger partial charge in [-0.05, 0) is 35.2 Å². The molecule has 0 radical (unpaired) electrons. The molecule has 0 bridgehead atoms. The summed E-state index contributed by atoms with van der Waals surface area (Å²) in [4.78, 5) is 5.72. The van der Waals surface area contributed by atoms with Crippen molar-refractivity contribution in [2.45, 2.75) is 6.61 Å². The zero-order valence-electron chi connectivity index (χ0n) is 12.9. The standard InChI is InChI=1S/C18H14ClN3OS/c1-23-11-14-17(12-4-6-13(19)7-5-12)18-20-9-8-15(22(18)21-14)16-3-2-10-24-16/h2-10H,11H2,1H3. The predicted molar refractivity (Wildman–Crippen MR) is 97.5 cm³/mol. The molecule has 6 heteroatoms. The van der Waals surface area contributed by atoms with E-state index in [1.54, 1.807) is 18.4 Å². The molecule has 0 N–H and O–H groups in total. The fourth-order valence-electron chi connectivity index (χ4n) is 2.75. The van der Waals surface area contributed by atoms with Crippen LogP contribution < -0.4 is 0 Å². The Bertz CT molecular complexity index is 978. The minimum Gasteiger partial charge on any atom is -0.378 e. The normalized spacial score (nSPS) is 11.2. The van der Waals surface area contributed by atoms with Gasteiger partial charge in [-0.2, -0.15) is 5.10 Å². The molecule has 24 heavy (non-hydrogen) atoms. The van der Waals surface area contributed by atoms with Gasteiger partial charge in [-0.15, -0.1) is 11.3 Å². The molecule has 4 aromatic rings. The molecule has 1 aromatic carbocycles. The van der Waals surface area contributed by atoms with E-state index < -0.39 is 0 Å². The minimum absolute atomic E-state index is 0.422. The summed E-state index contributed by atoms with van der Waals surface area (Å²) in [5.41, 5.74) is 4.70. The molecular weight excluding hydrogens is 342 g/mol. The van der Waals surface area contributed by atoms with Crippen LogP contribution in [0, 0.1) is 0 Å². The summed E-state index contributed by atoms with van der Waals surface area (Å²) in [6.07, 6.45) is 1.82. The number of rotatable bonds is 4. The number of halogens is 1. The number of hydrogen-bond acceptors (Lipinski definition) is 4. The second-order valence-electron chi connectivity index (χ2n) is 5.30. The smallest absolute Gasteiger partial charge is 0.163 e. The fourth-order valence-corrected chi connectivity index (χ4v) is 3.61. The fraction of sp³-hybridized carbons (Fsp3) is 0.111. The Morgan fingerprint density at radius 3 is 2.71 bits per heavy atom. The van der Waals surface area contributed by atoms with E-state index >= 15 is 0 Å². The Hall–Kier alpha value is -2.21. The summed E-state index contributed by atoms with van der Waals surface area (Å²) < 4.78 is 7.24. The van der Waals surface area contributed by atoms with Crippen LogP contribution in [0.3, 0.4) is 0 Å². The number of ether oxygens (including phenoxy) is 1. The van der Waals surface area contributed by atoms with Crippen LogP contribution in [-0.4, -0.2) is 21.7 Å². The Kier molecular flexibility index (Phi) is 4.06. The lowest BCUT2D eigenvalue weighted by Crippen LogP contribution is -1.95. The predicted octanol–water partition coefficient (Wildman–Crippen LogP) is 4.92. The van der Waals surface area contributed by atoms with Crippen LogP contribution in [0.2, 0.25) is 5.02 Å². The quantitative estimate of drug-likeness (QED) is 0.521. The number of nitrogens with zero attached hydrogens (tertiary/aromatic N) is 3. The van der Waals surface area contributed by atoms with Crippen LogP contribution in [-0.2, 0) is 11.3 Å². The van der Waals surface area contributed by atoms with E-state index in [0.29, 0.717) is 11.6 Å². The van der Waals surface area contributed by atoms with E-state index in [1.807, 2.05) is 47.1 Å². The number of benzene rings is 1. The van der Waals surface area contributed by atoms with Crippen molar-refractivity contribution in [1.82, 2.24) is 14.6 Å². The molecule has 0 fully saturated rings. The van der Waals surface area contributed by atoms with Crippen LogP contribution in [0.15, 0.2) is 54.0 Å². The molecule has 0 aliphatic carbocycles. The van der Waals surface area contributed by atoms with Crippen LogP contribution in [0.4, 0.5) is 0 Å². The average Bonchev–Trinajstić information content (AvgIpc) is 3.23. The summed E-state index contributed by atoms with van der Waals surface area (Å²) in [5, 5.41) is 7.52. The van der Waals surface area contributed by atoms with E-state index in [1.165, 1.54) is 0 Å². The number of aromatic nitrogens is 3. The highest BCUT2D eigenvalue weighted by Crippen LogP contribution is 2.32. The molecule has 0 saturated carbocycles. The van der Waals surface area contributed by atoms with Crippen LogP contribution in [0.1, 0.15) is 5.69 Å². The molecule has 0 saturated heterocycles. The van der Waals surface area contributed by atoms with Gasteiger partial charge in [0.25, 0.3) is 0 Å². The molecule has 4 nitrogen and oxygen atoms in total. The summed E-state index contributed by atoms with van der Waals surface area (Å²) in [6.45, 7) is 0.422. The molecule has 4 rings (SSSR count). The lowest BCUT2D eigenvalue weighted by Gasteiger charge is -2.04. The third-order valence-electron chi connectivity index (χ3n) is 3.78. The average molecular weight is 356 g/mol. The van der Waals surface area contributed by atoms with E-state index in [-0.39, 0.29) is 0 Å². The largest absolute Gasteiger partial charge is 0.378 e. The van der Waals surface area contributed by atoms with Gasteiger partial charge in [0.1, 0.15) is 0 Å².